The summed E-state index contributed by atoms with van der Waals surface area (Å²) in [5.41, 5.74) is 0.277. The number of rotatable bonds is 7. The smallest absolute Gasteiger partial charge is 0.0451 e. The van der Waals surface area contributed by atoms with Gasteiger partial charge in [0.05, 0.1) is 0 Å². The Hall–Kier alpha value is -0.0831. The summed E-state index contributed by atoms with van der Waals surface area (Å²) in [5.74, 6) is 0.728. The van der Waals surface area contributed by atoms with Crippen molar-refractivity contribution in [1.29, 1.82) is 0 Å². The van der Waals surface area contributed by atoms with Crippen LogP contribution in [-0.2, 0) is 0 Å². The molecule has 0 aromatic rings. The maximum atomic E-state index is 4.00. The molecule has 0 aliphatic heterocycles. The van der Waals surface area contributed by atoms with Crippen LogP contribution in [0.15, 0.2) is 12.7 Å². The molecule has 0 radical (unpaired) electrons. The molecule has 15 heavy (non-hydrogen) atoms. The fraction of sp³-hybridized carbons (Fsp3) is 0.846. The van der Waals surface area contributed by atoms with Crippen LogP contribution in [0.5, 0.6) is 0 Å². The maximum absolute atomic E-state index is 4.00. The van der Waals surface area contributed by atoms with E-state index in [0.717, 1.165) is 19.0 Å². The van der Waals surface area contributed by atoms with E-state index in [1.54, 1.807) is 0 Å². The van der Waals surface area contributed by atoms with Gasteiger partial charge in [-0.05, 0) is 23.9 Å². The molecule has 1 unspecified atom stereocenters. The SMILES string of the molecule is C=CC(C)(CNCC(C)C)C[Si](C)(C)C. The first-order chi connectivity index (χ1) is 6.68. The molecule has 0 aliphatic carbocycles. The average molecular weight is 227 g/mol. The highest BCUT2D eigenvalue weighted by Gasteiger charge is 2.27. The first-order valence-electron chi connectivity index (χ1n) is 6.03. The van der Waals surface area contributed by atoms with Crippen LogP contribution in [0.1, 0.15) is 20.8 Å². The normalized spacial score (nSPS) is 16.5. The molecule has 1 atom stereocenters. The minimum atomic E-state index is -1.00. The zero-order chi connectivity index (χ0) is 12.1. The molecule has 0 rings (SSSR count). The predicted molar refractivity (Wildman–Crippen MR) is 74.2 cm³/mol. The van der Waals surface area contributed by atoms with Gasteiger partial charge in [-0.3, -0.25) is 0 Å². The van der Waals surface area contributed by atoms with Gasteiger partial charge in [-0.1, -0.05) is 46.5 Å². The third-order valence-corrected chi connectivity index (χ3v) is 4.38. The molecule has 0 spiro atoms. The first-order valence-corrected chi connectivity index (χ1v) is 9.73. The van der Waals surface area contributed by atoms with E-state index < -0.39 is 8.07 Å². The standard InChI is InChI=1S/C13H29NSi/c1-8-13(4,11-15(5,6)7)10-14-9-12(2)3/h8,12,14H,1,9-11H2,2-7H3. The lowest BCUT2D eigenvalue weighted by Gasteiger charge is -2.32. The zero-order valence-corrected chi connectivity index (χ0v) is 12.5. The Morgan fingerprint density at radius 1 is 1.33 bits per heavy atom. The summed E-state index contributed by atoms with van der Waals surface area (Å²) in [7, 11) is -1.00. The molecule has 90 valence electrons. The third-order valence-electron chi connectivity index (χ3n) is 2.51. The van der Waals surface area contributed by atoms with E-state index >= 15 is 0 Å². The average Bonchev–Trinajstić information content (AvgIpc) is 2.00. The lowest BCUT2D eigenvalue weighted by atomic mass is 9.93. The van der Waals surface area contributed by atoms with E-state index in [9.17, 15) is 0 Å². The molecular formula is C13H29NSi. The van der Waals surface area contributed by atoms with E-state index in [1.165, 1.54) is 6.04 Å². The Balaban J connectivity index is 4.14. The van der Waals surface area contributed by atoms with Crippen molar-refractivity contribution >= 4 is 8.07 Å². The molecular weight excluding hydrogens is 198 g/mol. The van der Waals surface area contributed by atoms with Crippen molar-refractivity contribution in [3.05, 3.63) is 12.7 Å². The summed E-state index contributed by atoms with van der Waals surface area (Å²) in [4.78, 5) is 0. The van der Waals surface area contributed by atoms with E-state index in [0.29, 0.717) is 0 Å². The van der Waals surface area contributed by atoms with Crippen LogP contribution in [0.2, 0.25) is 25.7 Å². The van der Waals surface area contributed by atoms with Crippen LogP contribution < -0.4 is 5.32 Å². The third kappa shape index (κ3) is 7.80. The summed E-state index contributed by atoms with van der Waals surface area (Å²) >= 11 is 0. The van der Waals surface area contributed by atoms with Gasteiger partial charge in [-0.15, -0.1) is 6.58 Å². The Kier molecular flexibility index (Phi) is 5.82. The van der Waals surface area contributed by atoms with Crippen molar-refractivity contribution in [3.63, 3.8) is 0 Å². The highest BCUT2D eigenvalue weighted by atomic mass is 28.3. The largest absolute Gasteiger partial charge is 0.316 e. The van der Waals surface area contributed by atoms with Crippen molar-refractivity contribution in [1.82, 2.24) is 5.32 Å². The highest BCUT2D eigenvalue weighted by molar-refractivity contribution is 6.76. The van der Waals surface area contributed by atoms with Gasteiger partial charge in [0.25, 0.3) is 0 Å². The van der Waals surface area contributed by atoms with Crippen LogP contribution in [0.4, 0.5) is 0 Å². The van der Waals surface area contributed by atoms with Gasteiger partial charge in [0.2, 0.25) is 0 Å². The lowest BCUT2D eigenvalue weighted by molar-refractivity contribution is 0.410. The van der Waals surface area contributed by atoms with Gasteiger partial charge in [0.1, 0.15) is 0 Å². The zero-order valence-electron chi connectivity index (χ0n) is 11.5. The van der Waals surface area contributed by atoms with Crippen LogP contribution >= 0.6 is 0 Å². The molecule has 0 aromatic heterocycles. The maximum Gasteiger partial charge on any atom is 0.0451 e. The molecule has 1 nitrogen and oxygen atoms in total. The molecule has 0 aromatic carbocycles. The molecule has 2 heteroatoms. The van der Waals surface area contributed by atoms with Crippen molar-refractivity contribution in [2.24, 2.45) is 11.3 Å². The Labute approximate surface area is 97.4 Å². The van der Waals surface area contributed by atoms with Crippen molar-refractivity contribution in [2.75, 3.05) is 13.1 Å². The molecule has 0 aliphatic rings. The van der Waals surface area contributed by atoms with Gasteiger partial charge < -0.3 is 5.32 Å². The fourth-order valence-corrected chi connectivity index (χ4v) is 4.76. The predicted octanol–water partition coefficient (Wildman–Crippen LogP) is 3.76. The molecule has 0 bridgehead atoms. The Bertz CT molecular complexity index is 193. The Morgan fingerprint density at radius 2 is 1.87 bits per heavy atom. The monoisotopic (exact) mass is 227 g/mol. The minimum absolute atomic E-state index is 0.277. The van der Waals surface area contributed by atoms with Crippen LogP contribution in [0.25, 0.3) is 0 Å². The first kappa shape index (κ1) is 14.9. The van der Waals surface area contributed by atoms with Crippen molar-refractivity contribution in [3.8, 4) is 0 Å². The molecule has 0 saturated heterocycles. The summed E-state index contributed by atoms with van der Waals surface area (Å²) in [6.07, 6.45) is 2.14. The molecule has 1 N–H and O–H groups in total. The van der Waals surface area contributed by atoms with Gasteiger partial charge >= 0.3 is 0 Å². The summed E-state index contributed by atoms with van der Waals surface area (Å²) in [6, 6.07) is 1.31. The second-order valence-corrected chi connectivity index (χ2v) is 12.1. The molecule has 0 amide bonds. The van der Waals surface area contributed by atoms with Gasteiger partial charge in [0.15, 0.2) is 0 Å². The molecule has 0 fully saturated rings. The summed E-state index contributed by atoms with van der Waals surface area (Å²) < 4.78 is 0. The Morgan fingerprint density at radius 3 is 2.20 bits per heavy atom. The lowest BCUT2D eigenvalue weighted by Crippen LogP contribution is -2.38. The second kappa shape index (κ2) is 5.85. The minimum Gasteiger partial charge on any atom is -0.316 e. The van der Waals surface area contributed by atoms with Crippen LogP contribution in [0, 0.1) is 11.3 Å². The quantitative estimate of drug-likeness (QED) is 0.516. The number of hydrogen-bond acceptors (Lipinski definition) is 1. The van der Waals surface area contributed by atoms with Crippen molar-refractivity contribution < 1.29 is 0 Å². The van der Waals surface area contributed by atoms with Gasteiger partial charge in [-0.25, -0.2) is 0 Å². The number of nitrogens with one attached hydrogen (secondary N) is 1. The van der Waals surface area contributed by atoms with Crippen LogP contribution in [0.3, 0.4) is 0 Å². The fourth-order valence-electron chi connectivity index (χ4n) is 2.06. The van der Waals surface area contributed by atoms with Gasteiger partial charge in [0, 0.05) is 14.6 Å². The van der Waals surface area contributed by atoms with E-state index in [2.05, 4.69) is 58.4 Å². The second-order valence-electron chi connectivity index (χ2n) is 6.62. The molecule has 0 saturated carbocycles. The molecule has 0 heterocycles. The summed E-state index contributed by atoms with van der Waals surface area (Å²) in [6.45, 7) is 20.3. The topological polar surface area (TPSA) is 12.0 Å². The van der Waals surface area contributed by atoms with E-state index in [4.69, 9.17) is 0 Å². The van der Waals surface area contributed by atoms with Crippen molar-refractivity contribution in [2.45, 2.75) is 46.5 Å². The van der Waals surface area contributed by atoms with Crippen LogP contribution in [-0.4, -0.2) is 21.2 Å². The van der Waals surface area contributed by atoms with E-state index in [1.807, 2.05) is 0 Å². The van der Waals surface area contributed by atoms with E-state index in [-0.39, 0.29) is 5.41 Å². The highest BCUT2D eigenvalue weighted by Crippen LogP contribution is 2.29. The summed E-state index contributed by atoms with van der Waals surface area (Å²) in [5, 5.41) is 3.55. The van der Waals surface area contributed by atoms with Gasteiger partial charge in [-0.2, -0.15) is 0 Å². The number of hydrogen-bond donors (Lipinski definition) is 1.